The van der Waals surface area contributed by atoms with E-state index in [4.69, 9.17) is 0 Å². The van der Waals surface area contributed by atoms with E-state index in [-0.39, 0.29) is 16.9 Å². The van der Waals surface area contributed by atoms with Crippen LogP contribution in [0, 0.1) is 12.3 Å². The number of allylic oxidation sites excluding steroid dienone is 3. The first kappa shape index (κ1) is 17.2. The first-order chi connectivity index (χ1) is 9.79. The molecule has 0 saturated heterocycles. The Kier molecular flexibility index (Phi) is 5.95. The van der Waals surface area contributed by atoms with Gasteiger partial charge in [0, 0.05) is 6.42 Å². The van der Waals surface area contributed by atoms with Crippen LogP contribution in [0.3, 0.4) is 0 Å². The molecule has 0 spiro atoms. The van der Waals surface area contributed by atoms with E-state index in [1.807, 2.05) is 26.0 Å². The molecule has 114 valence electrons. The maximum atomic E-state index is 12.5. The molecule has 1 rings (SSSR count). The number of rotatable bonds is 7. The van der Waals surface area contributed by atoms with E-state index >= 15 is 0 Å². The van der Waals surface area contributed by atoms with Crippen LogP contribution < -0.4 is 0 Å². The lowest BCUT2D eigenvalue weighted by atomic mass is 9.79. The van der Waals surface area contributed by atoms with Gasteiger partial charge in [0.25, 0.3) is 0 Å². The average Bonchev–Trinajstić information content (AvgIpc) is 2.37. The van der Waals surface area contributed by atoms with E-state index in [0.29, 0.717) is 12.0 Å². The first-order valence-corrected chi connectivity index (χ1v) is 7.38. The van der Waals surface area contributed by atoms with Crippen molar-refractivity contribution in [3.63, 3.8) is 0 Å². The predicted octanol–water partition coefficient (Wildman–Crippen LogP) is 5.21. The molecule has 1 N–H and O–H groups in total. The van der Waals surface area contributed by atoms with Crippen molar-refractivity contribution in [3.05, 3.63) is 53.6 Å². The van der Waals surface area contributed by atoms with E-state index < -0.39 is 0 Å². The monoisotopic (exact) mass is 286 g/mol. The van der Waals surface area contributed by atoms with Crippen LogP contribution in [0.5, 0.6) is 5.75 Å². The largest absolute Gasteiger partial charge is 0.507 e. The molecule has 21 heavy (non-hydrogen) atoms. The van der Waals surface area contributed by atoms with Crippen LogP contribution in [0.15, 0.2) is 42.5 Å². The SMILES string of the molecule is C=C[C@](C)(CCC=C(C)C)CC(=O)c1c(C)cccc1O. The fraction of sp³-hybridized carbons (Fsp3) is 0.421. The van der Waals surface area contributed by atoms with Crippen molar-refractivity contribution in [1.29, 1.82) is 0 Å². The molecule has 2 nitrogen and oxygen atoms in total. The van der Waals surface area contributed by atoms with Crippen LogP contribution in [-0.2, 0) is 0 Å². The molecular formula is C19H26O2. The predicted molar refractivity (Wildman–Crippen MR) is 88.8 cm³/mol. The molecule has 0 aliphatic carbocycles. The highest BCUT2D eigenvalue weighted by molar-refractivity contribution is 6.00. The lowest BCUT2D eigenvalue weighted by molar-refractivity contribution is 0.0937. The van der Waals surface area contributed by atoms with E-state index in [1.165, 1.54) is 5.57 Å². The standard InChI is InChI=1S/C19H26O2/c1-6-19(5,12-8-9-14(2)3)13-17(21)18-15(4)10-7-11-16(18)20/h6-7,9-11,20H,1,8,12-13H2,2-5H3/t19-/m1/s1. The first-order valence-electron chi connectivity index (χ1n) is 7.38. The van der Waals surface area contributed by atoms with Gasteiger partial charge in [-0.15, -0.1) is 6.58 Å². The number of ketones is 1. The number of aryl methyl sites for hydroxylation is 1. The van der Waals surface area contributed by atoms with Crippen molar-refractivity contribution in [2.45, 2.75) is 47.0 Å². The summed E-state index contributed by atoms with van der Waals surface area (Å²) in [4.78, 5) is 12.5. The third-order valence-electron chi connectivity index (χ3n) is 3.85. The number of phenolic OH excluding ortho intramolecular Hbond substituents is 1. The minimum atomic E-state index is -0.252. The molecule has 0 radical (unpaired) electrons. The summed E-state index contributed by atoms with van der Waals surface area (Å²) >= 11 is 0. The van der Waals surface area contributed by atoms with Gasteiger partial charge in [0.05, 0.1) is 5.56 Å². The minimum absolute atomic E-state index is 0.0230. The summed E-state index contributed by atoms with van der Waals surface area (Å²) in [7, 11) is 0. The lowest BCUT2D eigenvalue weighted by Gasteiger charge is -2.25. The molecule has 2 heteroatoms. The molecule has 0 bridgehead atoms. The Hall–Kier alpha value is -1.83. The smallest absolute Gasteiger partial charge is 0.167 e. The second kappa shape index (κ2) is 7.26. The Bertz CT molecular complexity index is 530. The van der Waals surface area contributed by atoms with Crippen molar-refractivity contribution in [2.75, 3.05) is 0 Å². The zero-order valence-electron chi connectivity index (χ0n) is 13.6. The Balaban J connectivity index is 2.88. The van der Waals surface area contributed by atoms with Crippen molar-refractivity contribution >= 4 is 5.78 Å². The molecule has 1 aromatic carbocycles. The highest BCUT2D eigenvalue weighted by Gasteiger charge is 2.26. The van der Waals surface area contributed by atoms with Crippen LogP contribution in [0.2, 0.25) is 0 Å². The zero-order chi connectivity index (χ0) is 16.0. The summed E-state index contributed by atoms with van der Waals surface area (Å²) in [6, 6.07) is 5.17. The van der Waals surface area contributed by atoms with Crippen molar-refractivity contribution in [2.24, 2.45) is 5.41 Å². The third kappa shape index (κ3) is 4.89. The summed E-state index contributed by atoms with van der Waals surface area (Å²) in [6.45, 7) is 11.9. The molecule has 0 aromatic heterocycles. The normalized spacial score (nSPS) is 13.3. The summed E-state index contributed by atoms with van der Waals surface area (Å²) < 4.78 is 0. The topological polar surface area (TPSA) is 37.3 Å². The highest BCUT2D eigenvalue weighted by atomic mass is 16.3. The number of Topliss-reactive ketones (excluding diaryl/α,β-unsaturated/α-hetero) is 1. The Labute approximate surface area is 128 Å². The van der Waals surface area contributed by atoms with Crippen LogP contribution in [0.1, 0.15) is 56.0 Å². The van der Waals surface area contributed by atoms with E-state index in [1.54, 1.807) is 12.1 Å². The molecule has 0 aliphatic rings. The summed E-state index contributed by atoms with van der Waals surface area (Å²) in [5.74, 6) is 0.0425. The molecule has 0 saturated carbocycles. The number of aromatic hydroxyl groups is 1. The molecule has 1 aromatic rings. The van der Waals surface area contributed by atoms with Crippen molar-refractivity contribution in [1.82, 2.24) is 0 Å². The molecule has 0 heterocycles. The fourth-order valence-corrected chi connectivity index (χ4v) is 2.42. The van der Waals surface area contributed by atoms with E-state index in [0.717, 1.165) is 18.4 Å². The lowest BCUT2D eigenvalue weighted by Crippen LogP contribution is -2.19. The minimum Gasteiger partial charge on any atom is -0.507 e. The molecule has 0 fully saturated rings. The number of carbonyl (C=O) groups is 1. The van der Waals surface area contributed by atoms with Gasteiger partial charge in [0.2, 0.25) is 0 Å². The number of benzene rings is 1. The Morgan fingerprint density at radius 2 is 2.05 bits per heavy atom. The Morgan fingerprint density at radius 1 is 1.38 bits per heavy atom. The van der Waals surface area contributed by atoms with Gasteiger partial charge in [-0.3, -0.25) is 4.79 Å². The van der Waals surface area contributed by atoms with Crippen molar-refractivity contribution in [3.8, 4) is 5.75 Å². The van der Waals surface area contributed by atoms with E-state index in [2.05, 4.69) is 26.5 Å². The van der Waals surface area contributed by atoms with Gasteiger partial charge in [0.15, 0.2) is 5.78 Å². The summed E-state index contributed by atoms with van der Waals surface area (Å²) in [5, 5.41) is 9.92. The van der Waals surface area contributed by atoms with Crippen LogP contribution in [0.4, 0.5) is 0 Å². The highest BCUT2D eigenvalue weighted by Crippen LogP contribution is 2.33. The number of hydrogen-bond acceptors (Lipinski definition) is 2. The zero-order valence-corrected chi connectivity index (χ0v) is 13.6. The van der Waals surface area contributed by atoms with Gasteiger partial charge in [-0.2, -0.15) is 0 Å². The average molecular weight is 286 g/mol. The van der Waals surface area contributed by atoms with Crippen LogP contribution in [-0.4, -0.2) is 10.9 Å². The second-order valence-electron chi connectivity index (χ2n) is 6.25. The van der Waals surface area contributed by atoms with E-state index in [9.17, 15) is 9.90 Å². The van der Waals surface area contributed by atoms with Crippen molar-refractivity contribution < 1.29 is 9.90 Å². The fourth-order valence-electron chi connectivity index (χ4n) is 2.42. The molecule has 0 aliphatic heterocycles. The van der Waals surface area contributed by atoms with Gasteiger partial charge in [-0.25, -0.2) is 0 Å². The van der Waals surface area contributed by atoms with Crippen LogP contribution in [0.25, 0.3) is 0 Å². The Morgan fingerprint density at radius 3 is 2.57 bits per heavy atom. The van der Waals surface area contributed by atoms with Crippen LogP contribution >= 0.6 is 0 Å². The molecule has 1 atom stereocenters. The second-order valence-corrected chi connectivity index (χ2v) is 6.25. The number of phenols is 1. The van der Waals surface area contributed by atoms with Gasteiger partial charge in [-0.05, 0) is 50.7 Å². The number of hydrogen-bond donors (Lipinski definition) is 1. The molecular weight excluding hydrogens is 260 g/mol. The maximum Gasteiger partial charge on any atom is 0.167 e. The number of carbonyl (C=O) groups excluding carboxylic acids is 1. The quantitative estimate of drug-likeness (QED) is 0.551. The third-order valence-corrected chi connectivity index (χ3v) is 3.85. The molecule has 0 amide bonds. The van der Waals surface area contributed by atoms with Gasteiger partial charge in [0.1, 0.15) is 5.75 Å². The summed E-state index contributed by atoms with van der Waals surface area (Å²) in [5.41, 5.74) is 2.28. The maximum absolute atomic E-state index is 12.5. The van der Waals surface area contributed by atoms with Gasteiger partial charge >= 0.3 is 0 Å². The van der Waals surface area contributed by atoms with Gasteiger partial charge in [-0.1, -0.05) is 36.8 Å². The molecule has 0 unspecified atom stereocenters. The van der Waals surface area contributed by atoms with Gasteiger partial charge < -0.3 is 5.11 Å². The summed E-state index contributed by atoms with van der Waals surface area (Å²) in [6.07, 6.45) is 6.21.